The van der Waals surface area contributed by atoms with Gasteiger partial charge in [-0.25, -0.2) is 4.79 Å². The van der Waals surface area contributed by atoms with Crippen LogP contribution in [-0.2, 0) is 4.74 Å². The minimum absolute atomic E-state index is 0.0108. The molecular weight excluding hydrogens is 194 g/mol. The van der Waals surface area contributed by atoms with Crippen molar-refractivity contribution in [2.24, 2.45) is 5.41 Å². The highest BCUT2D eigenvalue weighted by Crippen LogP contribution is 2.52. The standard InChI is InChI=1S/C11H19NO3/c1-10(2,3)15-9(14)12-6-8(13)11(7-12)4-5-11/h8,13H,4-7H2,1-3H3/t8-/m1/s1. The van der Waals surface area contributed by atoms with Crippen LogP contribution < -0.4 is 0 Å². The molecule has 86 valence electrons. The number of aliphatic hydroxyl groups excluding tert-OH is 1. The first kappa shape index (κ1) is 10.7. The van der Waals surface area contributed by atoms with Gasteiger partial charge in [-0.3, -0.25) is 0 Å². The molecule has 1 aliphatic heterocycles. The summed E-state index contributed by atoms with van der Waals surface area (Å²) in [6.07, 6.45) is 1.41. The number of hydrogen-bond acceptors (Lipinski definition) is 3. The van der Waals surface area contributed by atoms with Crippen molar-refractivity contribution < 1.29 is 14.6 Å². The number of amides is 1. The minimum Gasteiger partial charge on any atom is -0.444 e. The summed E-state index contributed by atoms with van der Waals surface area (Å²) in [5, 5.41) is 9.79. The van der Waals surface area contributed by atoms with E-state index in [0.717, 1.165) is 12.8 Å². The van der Waals surface area contributed by atoms with Gasteiger partial charge in [-0.15, -0.1) is 0 Å². The van der Waals surface area contributed by atoms with E-state index in [0.29, 0.717) is 13.1 Å². The molecule has 4 nitrogen and oxygen atoms in total. The van der Waals surface area contributed by atoms with Crippen molar-refractivity contribution in [1.82, 2.24) is 4.90 Å². The van der Waals surface area contributed by atoms with Crippen molar-refractivity contribution in [2.45, 2.75) is 45.3 Å². The number of ether oxygens (including phenoxy) is 1. The normalized spacial score (nSPS) is 28.3. The van der Waals surface area contributed by atoms with E-state index in [9.17, 15) is 9.90 Å². The first-order valence-electron chi connectivity index (χ1n) is 5.48. The Morgan fingerprint density at radius 1 is 1.47 bits per heavy atom. The Kier molecular flexibility index (Phi) is 2.23. The molecule has 0 unspecified atom stereocenters. The van der Waals surface area contributed by atoms with E-state index in [1.807, 2.05) is 20.8 Å². The molecule has 0 aromatic heterocycles. The third-order valence-electron chi connectivity index (χ3n) is 3.15. The van der Waals surface area contributed by atoms with Crippen LogP contribution in [0.25, 0.3) is 0 Å². The van der Waals surface area contributed by atoms with Crippen molar-refractivity contribution in [3.8, 4) is 0 Å². The highest BCUT2D eigenvalue weighted by Gasteiger charge is 2.56. The Bertz CT molecular complexity index is 278. The molecule has 1 N–H and O–H groups in total. The van der Waals surface area contributed by atoms with E-state index in [1.165, 1.54) is 0 Å². The molecule has 1 saturated carbocycles. The highest BCUT2D eigenvalue weighted by molar-refractivity contribution is 5.69. The molecule has 1 spiro atoms. The number of carbonyl (C=O) groups excluding carboxylic acids is 1. The Hall–Kier alpha value is -0.770. The first-order valence-corrected chi connectivity index (χ1v) is 5.48. The van der Waals surface area contributed by atoms with Gasteiger partial charge in [-0.1, -0.05) is 0 Å². The van der Waals surface area contributed by atoms with Crippen LogP contribution in [0.4, 0.5) is 4.79 Å². The average Bonchev–Trinajstić information content (AvgIpc) is 2.73. The summed E-state index contributed by atoms with van der Waals surface area (Å²) < 4.78 is 5.27. The second-order valence-corrected chi connectivity index (χ2v) is 5.74. The second-order valence-electron chi connectivity index (χ2n) is 5.74. The summed E-state index contributed by atoms with van der Waals surface area (Å²) in [4.78, 5) is 13.3. The number of rotatable bonds is 0. The van der Waals surface area contributed by atoms with Gasteiger partial charge >= 0.3 is 6.09 Å². The summed E-state index contributed by atoms with van der Waals surface area (Å²) in [6.45, 7) is 6.64. The molecule has 15 heavy (non-hydrogen) atoms. The fourth-order valence-corrected chi connectivity index (χ4v) is 2.07. The molecule has 0 bridgehead atoms. The smallest absolute Gasteiger partial charge is 0.410 e. The van der Waals surface area contributed by atoms with Crippen LogP contribution in [0, 0.1) is 5.41 Å². The van der Waals surface area contributed by atoms with Gasteiger partial charge in [0.15, 0.2) is 0 Å². The minimum atomic E-state index is -0.457. The molecule has 4 heteroatoms. The third-order valence-corrected chi connectivity index (χ3v) is 3.15. The molecule has 2 fully saturated rings. The van der Waals surface area contributed by atoms with E-state index < -0.39 is 5.60 Å². The Morgan fingerprint density at radius 3 is 2.47 bits per heavy atom. The van der Waals surface area contributed by atoms with E-state index in [4.69, 9.17) is 4.74 Å². The molecule has 0 aromatic carbocycles. The Labute approximate surface area is 90.2 Å². The summed E-state index contributed by atoms with van der Waals surface area (Å²) in [5.74, 6) is 0. The van der Waals surface area contributed by atoms with Gasteiger partial charge in [0.25, 0.3) is 0 Å². The number of carbonyl (C=O) groups is 1. The summed E-state index contributed by atoms with van der Waals surface area (Å²) in [5.41, 5.74) is -0.446. The maximum atomic E-state index is 11.7. The topological polar surface area (TPSA) is 49.8 Å². The number of likely N-dealkylation sites (tertiary alicyclic amines) is 1. The van der Waals surface area contributed by atoms with Crippen LogP contribution in [0.3, 0.4) is 0 Å². The molecule has 1 atom stereocenters. The van der Waals surface area contributed by atoms with Gasteiger partial charge in [-0.2, -0.15) is 0 Å². The van der Waals surface area contributed by atoms with E-state index in [1.54, 1.807) is 4.90 Å². The Morgan fingerprint density at radius 2 is 2.07 bits per heavy atom. The van der Waals surface area contributed by atoms with Crippen molar-refractivity contribution in [1.29, 1.82) is 0 Å². The van der Waals surface area contributed by atoms with Gasteiger partial charge < -0.3 is 14.7 Å². The van der Waals surface area contributed by atoms with Gasteiger partial charge in [-0.05, 0) is 33.6 Å². The molecule has 0 radical (unpaired) electrons. The maximum Gasteiger partial charge on any atom is 0.410 e. The van der Waals surface area contributed by atoms with Gasteiger partial charge in [0.1, 0.15) is 5.60 Å². The van der Waals surface area contributed by atoms with E-state index >= 15 is 0 Å². The molecule has 1 heterocycles. The molecule has 1 aliphatic carbocycles. The average molecular weight is 213 g/mol. The third kappa shape index (κ3) is 2.09. The summed E-state index contributed by atoms with van der Waals surface area (Å²) >= 11 is 0. The Balaban J connectivity index is 1.93. The maximum absolute atomic E-state index is 11.7. The van der Waals surface area contributed by atoms with E-state index in [2.05, 4.69) is 0 Å². The lowest BCUT2D eigenvalue weighted by molar-refractivity contribution is 0.0269. The quantitative estimate of drug-likeness (QED) is 0.661. The number of nitrogens with zero attached hydrogens (tertiary/aromatic N) is 1. The van der Waals surface area contributed by atoms with Crippen molar-refractivity contribution in [3.63, 3.8) is 0 Å². The first-order chi connectivity index (χ1) is 6.82. The highest BCUT2D eigenvalue weighted by atomic mass is 16.6. The summed E-state index contributed by atoms with van der Waals surface area (Å²) in [6, 6.07) is 0. The largest absolute Gasteiger partial charge is 0.444 e. The van der Waals surface area contributed by atoms with Crippen molar-refractivity contribution >= 4 is 6.09 Å². The van der Waals surface area contributed by atoms with Crippen molar-refractivity contribution in [3.05, 3.63) is 0 Å². The predicted molar refractivity (Wildman–Crippen MR) is 55.5 cm³/mol. The van der Waals surface area contributed by atoms with Crippen LogP contribution in [0.5, 0.6) is 0 Å². The molecule has 1 saturated heterocycles. The van der Waals surface area contributed by atoms with Gasteiger partial charge in [0.2, 0.25) is 0 Å². The lowest BCUT2D eigenvalue weighted by Gasteiger charge is -2.24. The lowest BCUT2D eigenvalue weighted by atomic mass is 10.0. The number of hydrogen-bond donors (Lipinski definition) is 1. The molecule has 2 aliphatic rings. The van der Waals surface area contributed by atoms with E-state index in [-0.39, 0.29) is 17.6 Å². The van der Waals surface area contributed by atoms with Crippen molar-refractivity contribution in [2.75, 3.05) is 13.1 Å². The second kappa shape index (κ2) is 3.11. The lowest BCUT2D eigenvalue weighted by Crippen LogP contribution is -2.35. The fourth-order valence-electron chi connectivity index (χ4n) is 2.07. The molecule has 0 aromatic rings. The van der Waals surface area contributed by atoms with Crippen LogP contribution in [0.15, 0.2) is 0 Å². The van der Waals surface area contributed by atoms with Gasteiger partial charge in [0.05, 0.1) is 12.6 Å². The predicted octanol–water partition coefficient (Wildman–Crippen LogP) is 1.38. The van der Waals surface area contributed by atoms with Crippen LogP contribution in [-0.4, -0.2) is 40.9 Å². The van der Waals surface area contributed by atoms with Crippen LogP contribution in [0.2, 0.25) is 0 Å². The van der Waals surface area contributed by atoms with Gasteiger partial charge in [0, 0.05) is 12.0 Å². The summed E-state index contributed by atoms with van der Waals surface area (Å²) in [7, 11) is 0. The molecule has 2 rings (SSSR count). The molecule has 1 amide bonds. The van der Waals surface area contributed by atoms with Crippen LogP contribution in [0.1, 0.15) is 33.6 Å². The number of β-amino-alcohol motifs (C(OH)–C–C–N with tert-alkyl or cyclic N) is 1. The molecular formula is C11H19NO3. The monoisotopic (exact) mass is 213 g/mol. The fraction of sp³-hybridized carbons (Fsp3) is 0.909. The zero-order valence-corrected chi connectivity index (χ0v) is 9.62. The SMILES string of the molecule is CC(C)(C)OC(=O)N1C[C@@H](O)C2(CC2)C1. The zero-order valence-electron chi connectivity index (χ0n) is 9.62. The zero-order chi connectivity index (χ0) is 11.3. The van der Waals surface area contributed by atoms with Crippen LogP contribution >= 0.6 is 0 Å². The number of aliphatic hydroxyl groups is 1.